The molecule has 0 spiro atoms. The van der Waals surface area contributed by atoms with Gasteiger partial charge in [0, 0.05) is 24.8 Å². The SMILES string of the molecule is O=C(Nc1ccccc1)N1CCCC2=C[C@H]3C[C@@H](CN4CCCC[C@@H]34)[C@H]21. The maximum Gasteiger partial charge on any atom is 0.322 e. The molecule has 1 aromatic carbocycles. The molecule has 4 nitrogen and oxygen atoms in total. The molecule has 3 aliphatic heterocycles. The first-order valence-corrected chi connectivity index (χ1v) is 10.4. The quantitative estimate of drug-likeness (QED) is 0.773. The van der Waals surface area contributed by atoms with Crippen molar-refractivity contribution in [3.63, 3.8) is 0 Å². The van der Waals surface area contributed by atoms with Gasteiger partial charge in [0.15, 0.2) is 0 Å². The predicted octanol–water partition coefficient (Wildman–Crippen LogP) is 4.11. The van der Waals surface area contributed by atoms with Crippen molar-refractivity contribution in [1.82, 2.24) is 9.80 Å². The molecule has 0 unspecified atom stereocenters. The van der Waals surface area contributed by atoms with Gasteiger partial charge in [-0.25, -0.2) is 4.79 Å². The molecule has 4 aliphatic rings. The summed E-state index contributed by atoms with van der Waals surface area (Å²) < 4.78 is 0. The van der Waals surface area contributed by atoms with Crippen LogP contribution in [0, 0.1) is 11.8 Å². The molecule has 3 fully saturated rings. The van der Waals surface area contributed by atoms with Gasteiger partial charge in [0.2, 0.25) is 0 Å². The average Bonchev–Trinajstić information content (AvgIpc) is 2.68. The third-order valence-corrected chi connectivity index (χ3v) is 6.94. The van der Waals surface area contributed by atoms with E-state index in [-0.39, 0.29) is 6.03 Å². The van der Waals surface area contributed by atoms with E-state index in [9.17, 15) is 4.79 Å². The molecular formula is C22H29N3O. The minimum Gasteiger partial charge on any atom is -0.317 e. The van der Waals surface area contributed by atoms with E-state index < -0.39 is 0 Å². The average molecular weight is 351 g/mol. The minimum atomic E-state index is 0.0750. The van der Waals surface area contributed by atoms with Crippen LogP contribution in [0.4, 0.5) is 10.5 Å². The van der Waals surface area contributed by atoms with E-state index in [1.807, 2.05) is 30.3 Å². The lowest BCUT2D eigenvalue weighted by molar-refractivity contribution is 0.00908. The molecule has 1 aliphatic carbocycles. The van der Waals surface area contributed by atoms with Crippen molar-refractivity contribution in [2.75, 3.05) is 25.0 Å². The van der Waals surface area contributed by atoms with Crippen molar-refractivity contribution in [2.24, 2.45) is 11.8 Å². The number of amides is 2. The molecule has 2 amide bonds. The van der Waals surface area contributed by atoms with Crippen LogP contribution in [0.15, 0.2) is 42.0 Å². The smallest absolute Gasteiger partial charge is 0.317 e. The lowest BCUT2D eigenvalue weighted by atomic mass is 9.68. The Bertz CT molecular complexity index is 701. The van der Waals surface area contributed by atoms with Gasteiger partial charge < -0.3 is 10.2 Å². The van der Waals surface area contributed by atoms with Crippen LogP contribution in [-0.4, -0.2) is 47.5 Å². The van der Waals surface area contributed by atoms with Gasteiger partial charge in [0.05, 0.1) is 6.04 Å². The maximum absolute atomic E-state index is 13.0. The summed E-state index contributed by atoms with van der Waals surface area (Å²) in [7, 11) is 0. The Morgan fingerprint density at radius 2 is 1.96 bits per heavy atom. The van der Waals surface area contributed by atoms with Gasteiger partial charge in [-0.1, -0.05) is 36.3 Å². The summed E-state index contributed by atoms with van der Waals surface area (Å²) in [6.45, 7) is 3.31. The van der Waals surface area contributed by atoms with Crippen molar-refractivity contribution in [2.45, 2.75) is 50.6 Å². The summed E-state index contributed by atoms with van der Waals surface area (Å²) >= 11 is 0. The number of nitrogens with zero attached hydrogens (tertiary/aromatic N) is 2. The van der Waals surface area contributed by atoms with Gasteiger partial charge in [0.1, 0.15) is 0 Å². The topological polar surface area (TPSA) is 35.6 Å². The Labute approximate surface area is 156 Å². The van der Waals surface area contributed by atoms with Crippen LogP contribution in [0.5, 0.6) is 0 Å². The maximum atomic E-state index is 13.0. The molecule has 5 rings (SSSR count). The van der Waals surface area contributed by atoms with Crippen molar-refractivity contribution in [3.05, 3.63) is 42.0 Å². The van der Waals surface area contributed by atoms with Crippen molar-refractivity contribution >= 4 is 11.7 Å². The fourth-order valence-electron chi connectivity index (χ4n) is 5.92. The Morgan fingerprint density at radius 1 is 1.08 bits per heavy atom. The molecule has 4 heteroatoms. The van der Waals surface area contributed by atoms with Crippen LogP contribution in [0.2, 0.25) is 0 Å². The van der Waals surface area contributed by atoms with E-state index in [1.165, 1.54) is 45.2 Å². The van der Waals surface area contributed by atoms with Crippen LogP contribution in [-0.2, 0) is 0 Å². The summed E-state index contributed by atoms with van der Waals surface area (Å²) in [5, 5.41) is 3.12. The lowest BCUT2D eigenvalue weighted by Gasteiger charge is -2.54. The first-order chi connectivity index (χ1) is 12.8. The molecule has 3 saturated heterocycles. The van der Waals surface area contributed by atoms with E-state index in [0.29, 0.717) is 12.0 Å². The summed E-state index contributed by atoms with van der Waals surface area (Å²) in [6.07, 6.45) is 10.2. The molecule has 2 bridgehead atoms. The van der Waals surface area contributed by atoms with Gasteiger partial charge in [-0.15, -0.1) is 0 Å². The largest absolute Gasteiger partial charge is 0.322 e. The molecular weight excluding hydrogens is 322 g/mol. The number of urea groups is 1. The number of para-hydroxylation sites is 1. The summed E-state index contributed by atoms with van der Waals surface area (Å²) in [6, 6.07) is 11.0. The van der Waals surface area contributed by atoms with Crippen LogP contribution in [0.3, 0.4) is 0 Å². The summed E-state index contributed by atoms with van der Waals surface area (Å²) in [5.74, 6) is 1.33. The molecule has 0 radical (unpaired) electrons. The number of piperidine rings is 3. The Kier molecular flexibility index (Phi) is 4.24. The van der Waals surface area contributed by atoms with E-state index in [4.69, 9.17) is 0 Å². The number of anilines is 1. The Balaban J connectivity index is 1.39. The molecule has 1 N–H and O–H groups in total. The standard InChI is InChI=1S/C22H29N3O/c26-22(23-19-8-2-1-3-9-19)25-12-6-7-16-13-17-14-18(21(16)25)15-24-11-5-4-10-20(17)24/h1-3,8-9,13,17-18,20-21H,4-7,10-12,14-15H2,(H,23,26)/t17-,18-,20-,21-/m0/s1. The first-order valence-electron chi connectivity index (χ1n) is 10.4. The molecule has 0 aromatic heterocycles. The van der Waals surface area contributed by atoms with E-state index in [1.54, 1.807) is 5.57 Å². The Morgan fingerprint density at radius 3 is 2.85 bits per heavy atom. The van der Waals surface area contributed by atoms with Crippen molar-refractivity contribution < 1.29 is 4.79 Å². The lowest BCUT2D eigenvalue weighted by Crippen LogP contribution is -2.60. The van der Waals surface area contributed by atoms with E-state index >= 15 is 0 Å². The highest BCUT2D eigenvalue weighted by Crippen LogP contribution is 2.45. The van der Waals surface area contributed by atoms with Crippen LogP contribution in [0.1, 0.15) is 38.5 Å². The molecule has 1 aromatic rings. The van der Waals surface area contributed by atoms with Crippen molar-refractivity contribution in [3.8, 4) is 0 Å². The second kappa shape index (κ2) is 6.73. The van der Waals surface area contributed by atoms with Gasteiger partial charge in [-0.3, -0.25) is 4.90 Å². The van der Waals surface area contributed by atoms with Gasteiger partial charge in [-0.2, -0.15) is 0 Å². The third-order valence-electron chi connectivity index (χ3n) is 6.94. The highest BCUT2D eigenvalue weighted by atomic mass is 16.2. The molecule has 138 valence electrons. The number of fused-ring (bicyclic) bond motifs is 6. The summed E-state index contributed by atoms with van der Waals surface area (Å²) in [5.41, 5.74) is 2.44. The highest BCUT2D eigenvalue weighted by molar-refractivity contribution is 5.89. The zero-order valence-corrected chi connectivity index (χ0v) is 15.4. The predicted molar refractivity (Wildman–Crippen MR) is 104 cm³/mol. The fraction of sp³-hybridized carbons (Fsp3) is 0.591. The zero-order chi connectivity index (χ0) is 17.5. The second-order valence-electron chi connectivity index (χ2n) is 8.50. The van der Waals surface area contributed by atoms with E-state index in [2.05, 4.69) is 21.2 Å². The van der Waals surface area contributed by atoms with Crippen LogP contribution < -0.4 is 5.32 Å². The number of benzene rings is 1. The number of hydrogen-bond acceptors (Lipinski definition) is 2. The molecule has 0 saturated carbocycles. The Hall–Kier alpha value is -1.81. The minimum absolute atomic E-state index is 0.0750. The summed E-state index contributed by atoms with van der Waals surface area (Å²) in [4.78, 5) is 17.9. The highest BCUT2D eigenvalue weighted by Gasteiger charge is 2.46. The van der Waals surface area contributed by atoms with Crippen molar-refractivity contribution in [1.29, 1.82) is 0 Å². The number of carbonyl (C=O) groups excluding carboxylic acids is 1. The van der Waals surface area contributed by atoms with E-state index in [0.717, 1.165) is 30.6 Å². The van der Waals surface area contributed by atoms with Crippen LogP contribution in [0.25, 0.3) is 0 Å². The van der Waals surface area contributed by atoms with Gasteiger partial charge >= 0.3 is 6.03 Å². The van der Waals surface area contributed by atoms with Gasteiger partial charge in [0.25, 0.3) is 0 Å². The fourth-order valence-corrected chi connectivity index (χ4v) is 5.92. The number of nitrogens with one attached hydrogen (secondary N) is 1. The molecule has 3 heterocycles. The molecule has 26 heavy (non-hydrogen) atoms. The molecule has 4 atom stereocenters. The van der Waals surface area contributed by atoms with Crippen LogP contribution >= 0.6 is 0 Å². The first kappa shape index (κ1) is 16.4. The third kappa shape index (κ3) is 2.84. The zero-order valence-electron chi connectivity index (χ0n) is 15.4. The normalized spacial score (nSPS) is 33.7. The second-order valence-corrected chi connectivity index (χ2v) is 8.50. The van der Waals surface area contributed by atoms with Gasteiger partial charge in [-0.05, 0) is 62.6 Å². The number of hydrogen-bond donors (Lipinski definition) is 1. The number of likely N-dealkylation sites (tertiary alicyclic amines) is 1. The number of carbonyl (C=O) groups is 1. The monoisotopic (exact) mass is 351 g/mol. The number of rotatable bonds is 1.